The number of nitro benzene ring substituents is 1. The first-order chi connectivity index (χ1) is 9.99. The summed E-state index contributed by atoms with van der Waals surface area (Å²) in [4.78, 5) is 10.4. The second-order valence-corrected chi connectivity index (χ2v) is 4.71. The maximum Gasteiger partial charge on any atom is 0.276 e. The highest BCUT2D eigenvalue weighted by atomic mass is 35.5. The zero-order chi connectivity index (χ0) is 15.4. The summed E-state index contributed by atoms with van der Waals surface area (Å²) in [5.41, 5.74) is 0.506. The van der Waals surface area contributed by atoms with Crippen LogP contribution in [-0.4, -0.2) is 10.0 Å². The second kappa shape index (κ2) is 6.51. The molecule has 0 unspecified atom stereocenters. The van der Waals surface area contributed by atoms with E-state index in [1.165, 1.54) is 30.3 Å². The van der Waals surface area contributed by atoms with Crippen LogP contribution in [0, 0.1) is 15.9 Å². The van der Waals surface area contributed by atoms with Gasteiger partial charge in [-0.05, 0) is 29.8 Å². The number of halogens is 2. The van der Waals surface area contributed by atoms with Crippen molar-refractivity contribution < 1.29 is 19.2 Å². The summed E-state index contributed by atoms with van der Waals surface area (Å²) in [6.07, 6.45) is 0. The molecule has 0 spiro atoms. The largest absolute Gasteiger partial charge is 0.489 e. The smallest absolute Gasteiger partial charge is 0.276 e. The zero-order valence-electron chi connectivity index (χ0n) is 10.8. The van der Waals surface area contributed by atoms with Gasteiger partial charge in [0.25, 0.3) is 5.69 Å². The summed E-state index contributed by atoms with van der Waals surface area (Å²) in [5, 5.41) is 20.3. The van der Waals surface area contributed by atoms with Gasteiger partial charge in [0.05, 0.1) is 17.1 Å². The van der Waals surface area contributed by atoms with Gasteiger partial charge in [-0.25, -0.2) is 4.39 Å². The molecule has 0 aliphatic carbocycles. The van der Waals surface area contributed by atoms with E-state index in [-0.39, 0.29) is 30.2 Å². The summed E-state index contributed by atoms with van der Waals surface area (Å²) < 4.78 is 18.6. The first kappa shape index (κ1) is 15.2. The topological polar surface area (TPSA) is 72.6 Å². The highest BCUT2D eigenvalue weighted by Gasteiger charge is 2.14. The molecule has 0 saturated heterocycles. The average Bonchev–Trinajstić information content (AvgIpc) is 2.44. The molecule has 0 bridgehead atoms. The van der Waals surface area contributed by atoms with Gasteiger partial charge in [-0.2, -0.15) is 0 Å². The van der Waals surface area contributed by atoms with Crippen LogP contribution in [0.4, 0.5) is 10.1 Å². The predicted octanol–water partition coefficient (Wildman–Crippen LogP) is 3.46. The Morgan fingerprint density at radius 1 is 1.29 bits per heavy atom. The molecule has 0 saturated carbocycles. The number of hydrogen-bond acceptors (Lipinski definition) is 4. The number of ether oxygens (including phenoxy) is 1. The minimum Gasteiger partial charge on any atom is -0.489 e. The molecule has 0 aliphatic heterocycles. The molecule has 2 rings (SSSR count). The number of rotatable bonds is 5. The molecule has 0 radical (unpaired) electrons. The lowest BCUT2D eigenvalue weighted by atomic mass is 10.2. The minimum atomic E-state index is -0.558. The van der Waals surface area contributed by atoms with Crippen molar-refractivity contribution in [3.8, 4) is 5.75 Å². The molecule has 0 aliphatic rings. The Morgan fingerprint density at radius 2 is 2.05 bits per heavy atom. The Morgan fingerprint density at radius 3 is 2.71 bits per heavy atom. The maximum absolute atomic E-state index is 13.3. The number of nitro groups is 1. The van der Waals surface area contributed by atoms with Crippen molar-refractivity contribution in [2.24, 2.45) is 0 Å². The van der Waals surface area contributed by atoms with Gasteiger partial charge < -0.3 is 9.84 Å². The number of aliphatic hydroxyl groups excluding tert-OH is 1. The number of aliphatic hydroxyl groups is 1. The molecule has 0 amide bonds. The van der Waals surface area contributed by atoms with Crippen LogP contribution in [0.3, 0.4) is 0 Å². The molecular weight excluding hydrogens is 301 g/mol. The van der Waals surface area contributed by atoms with Crippen LogP contribution >= 0.6 is 11.6 Å². The van der Waals surface area contributed by atoms with E-state index in [2.05, 4.69) is 0 Å². The summed E-state index contributed by atoms with van der Waals surface area (Å²) >= 11 is 5.80. The fourth-order valence-electron chi connectivity index (χ4n) is 1.80. The van der Waals surface area contributed by atoms with Crippen LogP contribution in [0.2, 0.25) is 5.02 Å². The van der Waals surface area contributed by atoms with E-state index in [0.29, 0.717) is 10.6 Å². The van der Waals surface area contributed by atoms with E-state index in [4.69, 9.17) is 21.4 Å². The van der Waals surface area contributed by atoms with Gasteiger partial charge in [0, 0.05) is 17.2 Å². The SMILES string of the molecule is O=[N+]([O-])c1ccc(Cl)cc1COc1cc(F)cc(CO)c1. The monoisotopic (exact) mass is 311 g/mol. The Kier molecular flexibility index (Phi) is 4.72. The molecule has 7 heteroatoms. The first-order valence-corrected chi connectivity index (χ1v) is 6.33. The van der Waals surface area contributed by atoms with Crippen LogP contribution in [0.15, 0.2) is 36.4 Å². The number of nitrogens with zero attached hydrogens (tertiary/aromatic N) is 1. The highest BCUT2D eigenvalue weighted by molar-refractivity contribution is 6.30. The van der Waals surface area contributed by atoms with Crippen LogP contribution in [-0.2, 0) is 13.2 Å². The van der Waals surface area contributed by atoms with Crippen LogP contribution in [0.25, 0.3) is 0 Å². The van der Waals surface area contributed by atoms with E-state index in [0.717, 1.165) is 6.07 Å². The lowest BCUT2D eigenvalue weighted by Gasteiger charge is -2.08. The molecule has 0 aromatic heterocycles. The Labute approximate surface area is 124 Å². The van der Waals surface area contributed by atoms with Crippen LogP contribution < -0.4 is 4.74 Å². The van der Waals surface area contributed by atoms with Crippen LogP contribution in [0.1, 0.15) is 11.1 Å². The fraction of sp³-hybridized carbons (Fsp3) is 0.143. The third kappa shape index (κ3) is 3.90. The summed E-state index contributed by atoms with van der Waals surface area (Å²) in [7, 11) is 0. The molecule has 110 valence electrons. The maximum atomic E-state index is 13.3. The quantitative estimate of drug-likeness (QED) is 0.678. The van der Waals surface area contributed by atoms with Crippen molar-refractivity contribution in [3.63, 3.8) is 0 Å². The van der Waals surface area contributed by atoms with Crippen molar-refractivity contribution in [2.45, 2.75) is 13.2 Å². The Balaban J connectivity index is 2.22. The molecule has 1 N–H and O–H groups in total. The van der Waals surface area contributed by atoms with E-state index >= 15 is 0 Å². The lowest BCUT2D eigenvalue weighted by Crippen LogP contribution is -2.01. The van der Waals surface area contributed by atoms with Crippen molar-refractivity contribution in [3.05, 3.63) is 68.5 Å². The van der Waals surface area contributed by atoms with Crippen molar-refractivity contribution in [1.29, 1.82) is 0 Å². The average molecular weight is 312 g/mol. The molecule has 0 heterocycles. The van der Waals surface area contributed by atoms with E-state index in [9.17, 15) is 14.5 Å². The van der Waals surface area contributed by atoms with Gasteiger partial charge in [0.1, 0.15) is 18.2 Å². The van der Waals surface area contributed by atoms with E-state index in [1.807, 2.05) is 0 Å². The molecular formula is C14H11ClFNO4. The standard InChI is InChI=1S/C14H11ClFNO4/c15-11-1-2-14(17(19)20)10(5-11)8-21-13-4-9(7-18)3-12(16)6-13/h1-6,18H,7-8H2. The van der Waals surface area contributed by atoms with Gasteiger partial charge in [-0.3, -0.25) is 10.1 Å². The third-order valence-corrected chi connectivity index (χ3v) is 2.98. The number of benzene rings is 2. The molecule has 21 heavy (non-hydrogen) atoms. The minimum absolute atomic E-state index is 0.127. The normalized spacial score (nSPS) is 10.4. The molecule has 0 fully saturated rings. The van der Waals surface area contributed by atoms with Gasteiger partial charge in [-0.1, -0.05) is 11.6 Å². The Hall–Kier alpha value is -2.18. The third-order valence-electron chi connectivity index (χ3n) is 2.75. The van der Waals surface area contributed by atoms with Crippen molar-refractivity contribution in [1.82, 2.24) is 0 Å². The molecule has 0 atom stereocenters. The molecule has 2 aromatic rings. The van der Waals surface area contributed by atoms with Gasteiger partial charge in [0.2, 0.25) is 0 Å². The van der Waals surface area contributed by atoms with E-state index < -0.39 is 10.7 Å². The molecule has 5 nitrogen and oxygen atoms in total. The first-order valence-electron chi connectivity index (χ1n) is 5.95. The summed E-state index contributed by atoms with van der Waals surface area (Å²) in [5.74, 6) is -0.384. The summed E-state index contributed by atoms with van der Waals surface area (Å²) in [6, 6.07) is 7.89. The second-order valence-electron chi connectivity index (χ2n) is 4.27. The number of hydrogen-bond donors (Lipinski definition) is 1. The van der Waals surface area contributed by atoms with Gasteiger partial charge in [0.15, 0.2) is 0 Å². The van der Waals surface area contributed by atoms with E-state index in [1.54, 1.807) is 0 Å². The van der Waals surface area contributed by atoms with Gasteiger partial charge in [-0.15, -0.1) is 0 Å². The van der Waals surface area contributed by atoms with Crippen LogP contribution in [0.5, 0.6) is 5.75 Å². The van der Waals surface area contributed by atoms with Gasteiger partial charge >= 0.3 is 0 Å². The molecule has 2 aromatic carbocycles. The Bertz CT molecular complexity index is 678. The fourth-order valence-corrected chi connectivity index (χ4v) is 2.00. The zero-order valence-corrected chi connectivity index (χ0v) is 11.5. The lowest BCUT2D eigenvalue weighted by molar-refractivity contribution is -0.385. The highest BCUT2D eigenvalue weighted by Crippen LogP contribution is 2.25. The predicted molar refractivity (Wildman–Crippen MR) is 74.8 cm³/mol. The summed E-state index contributed by atoms with van der Waals surface area (Å²) in [6.45, 7) is -0.462. The van der Waals surface area contributed by atoms with Crippen molar-refractivity contribution in [2.75, 3.05) is 0 Å². The van der Waals surface area contributed by atoms with Crippen molar-refractivity contribution >= 4 is 17.3 Å².